The van der Waals surface area contributed by atoms with E-state index in [0.29, 0.717) is 13.2 Å². The second-order valence-electron chi connectivity index (χ2n) is 8.80. The molecule has 2 aliphatic rings. The zero-order valence-corrected chi connectivity index (χ0v) is 18.3. The highest BCUT2D eigenvalue weighted by molar-refractivity contribution is 5.94. The zero-order chi connectivity index (χ0) is 22.2. The molecule has 7 nitrogen and oxygen atoms in total. The lowest BCUT2D eigenvalue weighted by atomic mass is 9.95. The summed E-state index contributed by atoms with van der Waals surface area (Å²) in [6, 6.07) is 14.1. The van der Waals surface area contributed by atoms with E-state index in [2.05, 4.69) is 4.57 Å². The average Bonchev–Trinajstić information content (AvgIpc) is 3.20. The molecular formula is C25H29N3O4. The molecule has 0 bridgehead atoms. The smallest absolute Gasteiger partial charge is 0.412 e. The van der Waals surface area contributed by atoms with E-state index in [1.807, 2.05) is 49.4 Å². The van der Waals surface area contributed by atoms with Crippen LogP contribution in [0.5, 0.6) is 0 Å². The maximum absolute atomic E-state index is 12.0. The first kappa shape index (κ1) is 21.0. The number of aryl methyl sites for hydroxylation is 1. The van der Waals surface area contributed by atoms with Crippen molar-refractivity contribution in [3.63, 3.8) is 0 Å². The van der Waals surface area contributed by atoms with Gasteiger partial charge in [0.15, 0.2) is 0 Å². The van der Waals surface area contributed by atoms with Gasteiger partial charge in [-0.15, -0.1) is 0 Å². The summed E-state index contributed by atoms with van der Waals surface area (Å²) in [6.45, 7) is 3.31. The van der Waals surface area contributed by atoms with Gasteiger partial charge in [-0.2, -0.15) is 0 Å². The van der Waals surface area contributed by atoms with Gasteiger partial charge in [-0.25, -0.2) is 9.78 Å². The number of hydrogen-bond acceptors (Lipinski definition) is 4. The van der Waals surface area contributed by atoms with Crippen molar-refractivity contribution in [2.45, 2.75) is 50.6 Å². The highest BCUT2D eigenvalue weighted by atomic mass is 16.5. The van der Waals surface area contributed by atoms with E-state index >= 15 is 0 Å². The second kappa shape index (κ2) is 8.56. The normalized spacial score (nSPS) is 20.3. The number of carboxylic acid groups (broad SMARTS) is 1. The number of nitrogens with zero attached hydrogens (tertiary/aromatic N) is 3. The van der Waals surface area contributed by atoms with Crippen LogP contribution in [0, 0.1) is 0 Å². The number of aliphatic hydroxyl groups is 1. The molecule has 2 atom stereocenters. The Morgan fingerprint density at radius 3 is 2.59 bits per heavy atom. The number of benzene rings is 2. The van der Waals surface area contributed by atoms with Gasteiger partial charge in [0.2, 0.25) is 0 Å². The lowest BCUT2D eigenvalue weighted by Gasteiger charge is -2.33. The molecule has 0 spiro atoms. The fraction of sp³-hybridized carbons (Fsp3) is 0.440. The molecule has 168 valence electrons. The third-order valence-corrected chi connectivity index (χ3v) is 6.94. The first-order chi connectivity index (χ1) is 15.6. The number of carbonyl (C=O) groups is 1. The monoisotopic (exact) mass is 435 g/mol. The fourth-order valence-electron chi connectivity index (χ4n) is 5.30. The van der Waals surface area contributed by atoms with Gasteiger partial charge in [-0.05, 0) is 50.3 Å². The highest BCUT2D eigenvalue weighted by Crippen LogP contribution is 2.40. The van der Waals surface area contributed by atoms with Crippen molar-refractivity contribution in [3.05, 3.63) is 59.4 Å². The van der Waals surface area contributed by atoms with Crippen molar-refractivity contribution >= 4 is 22.8 Å². The number of anilines is 1. The van der Waals surface area contributed by atoms with E-state index in [1.165, 1.54) is 4.90 Å². The zero-order valence-electron chi connectivity index (χ0n) is 18.3. The molecule has 3 heterocycles. The summed E-state index contributed by atoms with van der Waals surface area (Å²) < 4.78 is 7.90. The molecular weight excluding hydrogens is 406 g/mol. The highest BCUT2D eigenvalue weighted by Gasteiger charge is 2.33. The molecule has 5 rings (SSSR count). The minimum absolute atomic E-state index is 0.0446. The summed E-state index contributed by atoms with van der Waals surface area (Å²) in [7, 11) is 0. The molecule has 0 saturated carbocycles. The lowest BCUT2D eigenvalue weighted by molar-refractivity contribution is 0.0694. The minimum atomic E-state index is -0.931. The van der Waals surface area contributed by atoms with Crippen LogP contribution >= 0.6 is 0 Å². The molecule has 1 saturated heterocycles. The molecule has 2 N–H and O–H groups in total. The third kappa shape index (κ3) is 3.45. The topological polar surface area (TPSA) is 87.8 Å². The average molecular weight is 436 g/mol. The predicted molar refractivity (Wildman–Crippen MR) is 122 cm³/mol. The van der Waals surface area contributed by atoms with Crippen molar-refractivity contribution in [2.75, 3.05) is 24.7 Å². The third-order valence-electron chi connectivity index (χ3n) is 6.94. The van der Waals surface area contributed by atoms with E-state index in [1.54, 1.807) is 0 Å². The van der Waals surface area contributed by atoms with Gasteiger partial charge in [0.05, 0.1) is 29.2 Å². The van der Waals surface area contributed by atoms with Crippen LogP contribution in [0.2, 0.25) is 0 Å². The molecule has 32 heavy (non-hydrogen) atoms. The summed E-state index contributed by atoms with van der Waals surface area (Å²) in [5, 5.41) is 20.2. The number of fused-ring (bicyclic) bond motifs is 3. The van der Waals surface area contributed by atoms with Crippen molar-refractivity contribution in [3.8, 4) is 0 Å². The largest absolute Gasteiger partial charge is 0.465 e. The molecule has 1 unspecified atom stereocenters. The Morgan fingerprint density at radius 1 is 1.16 bits per heavy atom. The van der Waals surface area contributed by atoms with Crippen LogP contribution in [0.25, 0.3) is 11.0 Å². The molecule has 7 heteroatoms. The van der Waals surface area contributed by atoms with E-state index in [-0.39, 0.29) is 24.6 Å². The minimum Gasteiger partial charge on any atom is -0.465 e. The molecule has 3 aromatic rings. The Kier molecular flexibility index (Phi) is 5.61. The van der Waals surface area contributed by atoms with Crippen LogP contribution in [-0.2, 0) is 11.2 Å². The maximum Gasteiger partial charge on any atom is 0.412 e. The maximum atomic E-state index is 12.0. The summed E-state index contributed by atoms with van der Waals surface area (Å²) in [6.07, 6.45) is 2.40. The first-order valence-corrected chi connectivity index (χ1v) is 11.4. The van der Waals surface area contributed by atoms with Crippen molar-refractivity contribution < 1.29 is 19.7 Å². The summed E-state index contributed by atoms with van der Waals surface area (Å²) in [5.41, 5.74) is 4.61. The molecule has 1 aromatic heterocycles. The first-order valence-electron chi connectivity index (χ1n) is 11.4. The van der Waals surface area contributed by atoms with Crippen LogP contribution in [0.4, 0.5) is 10.5 Å². The van der Waals surface area contributed by atoms with Gasteiger partial charge in [0.25, 0.3) is 0 Å². The molecule has 0 aliphatic carbocycles. The fourth-order valence-corrected chi connectivity index (χ4v) is 5.30. The molecule has 2 aromatic carbocycles. The quantitative estimate of drug-likeness (QED) is 0.637. The van der Waals surface area contributed by atoms with Crippen LogP contribution in [0.3, 0.4) is 0 Å². The number of aliphatic hydroxyl groups excluding tert-OH is 1. The van der Waals surface area contributed by atoms with Gasteiger partial charge >= 0.3 is 6.09 Å². The van der Waals surface area contributed by atoms with Gasteiger partial charge in [0.1, 0.15) is 5.82 Å². The number of amides is 1. The van der Waals surface area contributed by atoms with Gasteiger partial charge in [-0.1, -0.05) is 30.3 Å². The Morgan fingerprint density at radius 2 is 1.91 bits per heavy atom. The number of imidazole rings is 1. The van der Waals surface area contributed by atoms with E-state index in [4.69, 9.17) is 9.72 Å². The number of hydrogen-bond donors (Lipinski definition) is 2. The Bertz CT molecular complexity index is 1120. The molecule has 2 aliphatic heterocycles. The number of ether oxygens (including phenoxy) is 1. The Labute approximate surface area is 187 Å². The Balaban J connectivity index is 1.73. The van der Waals surface area contributed by atoms with Gasteiger partial charge in [0, 0.05) is 30.9 Å². The number of rotatable bonds is 4. The van der Waals surface area contributed by atoms with Crippen LogP contribution in [0.1, 0.15) is 55.1 Å². The van der Waals surface area contributed by atoms with E-state index < -0.39 is 6.09 Å². The number of aromatic nitrogens is 2. The van der Waals surface area contributed by atoms with Gasteiger partial charge in [-0.3, -0.25) is 4.90 Å². The van der Waals surface area contributed by atoms with Crippen molar-refractivity contribution in [1.29, 1.82) is 0 Å². The summed E-state index contributed by atoms with van der Waals surface area (Å²) >= 11 is 0. The molecule has 1 fully saturated rings. The van der Waals surface area contributed by atoms with Crippen molar-refractivity contribution in [1.82, 2.24) is 9.55 Å². The van der Waals surface area contributed by atoms with E-state index in [0.717, 1.165) is 59.4 Å². The van der Waals surface area contributed by atoms with Crippen molar-refractivity contribution in [2.24, 2.45) is 0 Å². The lowest BCUT2D eigenvalue weighted by Crippen LogP contribution is -2.41. The van der Waals surface area contributed by atoms with Gasteiger partial charge < -0.3 is 19.5 Å². The predicted octanol–water partition coefficient (Wildman–Crippen LogP) is 4.33. The standard InChI is InChI=1S/C25H29N3O4/c1-16-7-8-19-21(27(16)25(30)31)9-10-22-23(19)26-24(28(22)18-11-13-32-14-12-18)20(15-29)17-5-3-2-4-6-17/h2-6,9-10,16,18,20,29H,7-8,11-15H2,1H3,(H,30,31)/t16-,20?/m0/s1. The summed E-state index contributed by atoms with van der Waals surface area (Å²) in [4.78, 5) is 18.6. The SMILES string of the molecule is C[C@H]1CCc2c(ccc3c2nc(C(CO)c2ccccc2)n3C2CCOCC2)N1C(=O)O. The van der Waals surface area contributed by atoms with E-state index in [9.17, 15) is 15.0 Å². The summed E-state index contributed by atoms with van der Waals surface area (Å²) in [5.74, 6) is 0.592. The molecule has 1 amide bonds. The van der Waals surface area contributed by atoms with Crippen LogP contribution < -0.4 is 4.90 Å². The van der Waals surface area contributed by atoms with Crippen LogP contribution in [-0.4, -0.2) is 51.7 Å². The van der Waals surface area contributed by atoms with Crippen LogP contribution in [0.15, 0.2) is 42.5 Å². The second-order valence-corrected chi connectivity index (χ2v) is 8.80. The molecule has 0 radical (unpaired) electrons. The Hall–Kier alpha value is -2.90.